The largest absolute Gasteiger partial charge is 0.284 e. The van der Waals surface area contributed by atoms with E-state index in [9.17, 15) is 10.1 Å². The molecule has 0 radical (unpaired) electrons. The lowest BCUT2D eigenvalue weighted by Crippen LogP contribution is -2.66. The van der Waals surface area contributed by atoms with Crippen LogP contribution < -0.4 is 4.90 Å². The first-order valence-electron chi connectivity index (χ1n) is 9.23. The van der Waals surface area contributed by atoms with Crippen LogP contribution in [-0.4, -0.2) is 15.5 Å². The van der Waals surface area contributed by atoms with Crippen molar-refractivity contribution in [2.75, 3.05) is 4.90 Å². The van der Waals surface area contributed by atoms with Crippen molar-refractivity contribution >= 4 is 22.9 Å². The van der Waals surface area contributed by atoms with Gasteiger partial charge in [0.25, 0.3) is 0 Å². The Labute approximate surface area is 147 Å². The Morgan fingerprint density at radius 3 is 2.76 bits per heavy atom. The lowest BCUT2D eigenvalue weighted by molar-refractivity contribution is -0.126. The fraction of sp³-hybridized carbons (Fsp3) is 0.550. The second kappa shape index (κ2) is 4.63. The summed E-state index contributed by atoms with van der Waals surface area (Å²) in [4.78, 5) is 19.8. The van der Waals surface area contributed by atoms with Crippen molar-refractivity contribution in [1.82, 2.24) is 9.55 Å². The van der Waals surface area contributed by atoms with E-state index in [0.29, 0.717) is 17.9 Å². The monoisotopic (exact) mass is 334 g/mol. The Morgan fingerprint density at radius 1 is 1.40 bits per heavy atom. The summed E-state index contributed by atoms with van der Waals surface area (Å²) in [7, 11) is 0. The Hall–Kier alpha value is -2.35. The molecule has 25 heavy (non-hydrogen) atoms. The molecule has 1 spiro atoms. The number of anilines is 1. The van der Waals surface area contributed by atoms with Crippen LogP contribution >= 0.6 is 0 Å². The number of carbonyl (C=O) groups excluding carboxylic acids is 1. The number of amides is 1. The first-order valence-corrected chi connectivity index (χ1v) is 9.23. The highest BCUT2D eigenvalue weighted by Gasteiger charge is 2.59. The minimum Gasteiger partial charge on any atom is -0.284 e. The standard InChI is InChI=1S/C20H22N4O/c1-19(2,14-7-8-14)11-16(25)23-18-22-15-6-3-5-13(12-21)17(15)24(18)20(23)9-4-10-20/h3,5-6,14H,4,7-11H2,1-2H3. The molecular formula is C20H22N4O. The van der Waals surface area contributed by atoms with Crippen LogP contribution in [0.3, 0.4) is 0 Å². The predicted molar refractivity (Wildman–Crippen MR) is 94.9 cm³/mol. The van der Waals surface area contributed by atoms with Crippen molar-refractivity contribution in [2.45, 2.75) is 58.0 Å². The smallest absolute Gasteiger partial charge is 0.231 e. The first kappa shape index (κ1) is 14.9. The second-order valence-electron chi connectivity index (χ2n) is 8.54. The summed E-state index contributed by atoms with van der Waals surface area (Å²) in [5.74, 6) is 1.60. The van der Waals surface area contributed by atoms with Gasteiger partial charge in [-0.15, -0.1) is 0 Å². The maximum Gasteiger partial charge on any atom is 0.231 e. The number of para-hydroxylation sites is 1. The Kier molecular flexibility index (Phi) is 2.77. The van der Waals surface area contributed by atoms with E-state index in [1.54, 1.807) is 0 Å². The van der Waals surface area contributed by atoms with E-state index in [2.05, 4.69) is 24.5 Å². The Bertz CT molecular complexity index is 940. The molecule has 1 aliphatic heterocycles. The average Bonchev–Trinajstić information content (AvgIpc) is 3.31. The minimum atomic E-state index is -0.270. The highest BCUT2D eigenvalue weighted by Crippen LogP contribution is 2.56. The second-order valence-corrected chi connectivity index (χ2v) is 8.54. The molecule has 1 amide bonds. The highest BCUT2D eigenvalue weighted by molar-refractivity contribution is 6.00. The maximum absolute atomic E-state index is 13.2. The summed E-state index contributed by atoms with van der Waals surface area (Å²) in [6, 6.07) is 7.92. The molecule has 2 aromatic rings. The molecule has 2 saturated carbocycles. The van der Waals surface area contributed by atoms with Gasteiger partial charge in [0.15, 0.2) is 0 Å². The van der Waals surface area contributed by atoms with Crippen LogP contribution in [0, 0.1) is 22.7 Å². The van der Waals surface area contributed by atoms with Crippen LogP contribution in [-0.2, 0) is 10.5 Å². The molecule has 128 valence electrons. The van der Waals surface area contributed by atoms with Crippen molar-refractivity contribution in [2.24, 2.45) is 11.3 Å². The van der Waals surface area contributed by atoms with Crippen molar-refractivity contribution in [3.8, 4) is 6.07 Å². The number of benzene rings is 1. The van der Waals surface area contributed by atoms with Crippen molar-refractivity contribution in [3.05, 3.63) is 23.8 Å². The molecule has 2 heterocycles. The molecule has 2 aliphatic carbocycles. The zero-order chi connectivity index (χ0) is 17.4. The van der Waals surface area contributed by atoms with Crippen LogP contribution in [0.5, 0.6) is 0 Å². The minimum absolute atomic E-state index is 0.0618. The van der Waals surface area contributed by atoms with E-state index < -0.39 is 0 Å². The van der Waals surface area contributed by atoms with Gasteiger partial charge in [0.2, 0.25) is 11.9 Å². The van der Waals surface area contributed by atoms with Gasteiger partial charge in [-0.3, -0.25) is 14.3 Å². The van der Waals surface area contributed by atoms with Crippen molar-refractivity contribution in [1.29, 1.82) is 5.26 Å². The van der Waals surface area contributed by atoms with E-state index in [1.165, 1.54) is 12.8 Å². The third-order valence-electron chi connectivity index (χ3n) is 6.50. The van der Waals surface area contributed by atoms with Gasteiger partial charge in [0.1, 0.15) is 11.7 Å². The molecule has 5 heteroatoms. The van der Waals surface area contributed by atoms with Crippen LogP contribution in [0.2, 0.25) is 0 Å². The molecule has 5 rings (SSSR count). The molecule has 1 aromatic carbocycles. The summed E-state index contributed by atoms with van der Waals surface area (Å²) in [6.07, 6.45) is 6.10. The number of rotatable bonds is 3. The summed E-state index contributed by atoms with van der Waals surface area (Å²) < 4.78 is 2.16. The summed E-state index contributed by atoms with van der Waals surface area (Å²) in [5, 5.41) is 9.48. The lowest BCUT2D eigenvalue weighted by Gasteiger charge is -2.58. The Morgan fingerprint density at radius 2 is 2.16 bits per heavy atom. The number of hydrogen-bond acceptors (Lipinski definition) is 3. The number of nitrogens with zero attached hydrogens (tertiary/aromatic N) is 4. The molecule has 0 unspecified atom stereocenters. The summed E-state index contributed by atoms with van der Waals surface area (Å²) in [6.45, 7) is 4.43. The van der Waals surface area contributed by atoms with E-state index >= 15 is 0 Å². The van der Waals surface area contributed by atoms with E-state index in [1.807, 2.05) is 23.1 Å². The third-order valence-corrected chi connectivity index (χ3v) is 6.50. The zero-order valence-corrected chi connectivity index (χ0v) is 14.7. The van der Waals surface area contributed by atoms with E-state index in [0.717, 1.165) is 36.2 Å². The van der Waals surface area contributed by atoms with Crippen molar-refractivity contribution < 1.29 is 4.79 Å². The number of nitriles is 1. The lowest BCUT2D eigenvalue weighted by atomic mass is 9.78. The van der Waals surface area contributed by atoms with Gasteiger partial charge in [-0.1, -0.05) is 19.9 Å². The molecule has 5 nitrogen and oxygen atoms in total. The van der Waals surface area contributed by atoms with Crippen molar-refractivity contribution in [3.63, 3.8) is 0 Å². The predicted octanol–water partition coefficient (Wildman–Crippen LogP) is 3.92. The normalized spacial score (nSPS) is 20.8. The van der Waals surface area contributed by atoms with Gasteiger partial charge in [-0.05, 0) is 55.6 Å². The molecule has 0 N–H and O–H groups in total. The number of aromatic nitrogens is 2. The molecule has 2 fully saturated rings. The van der Waals surface area contributed by atoms with Crippen LogP contribution in [0.4, 0.5) is 5.95 Å². The molecule has 0 atom stereocenters. The third kappa shape index (κ3) is 1.83. The summed E-state index contributed by atoms with van der Waals surface area (Å²) >= 11 is 0. The van der Waals surface area contributed by atoms with Crippen LogP contribution in [0.1, 0.15) is 57.9 Å². The fourth-order valence-corrected chi connectivity index (χ4v) is 4.75. The highest BCUT2D eigenvalue weighted by atomic mass is 16.2. The molecule has 0 bridgehead atoms. The quantitative estimate of drug-likeness (QED) is 0.855. The molecule has 3 aliphatic rings. The SMILES string of the molecule is CC(C)(CC(=O)N1c2nc3cccc(C#N)c3n2C12CCC2)C1CC1. The van der Waals surface area contributed by atoms with Crippen LogP contribution in [0.15, 0.2) is 18.2 Å². The topological polar surface area (TPSA) is 61.9 Å². The van der Waals surface area contributed by atoms with Gasteiger partial charge in [0.05, 0.1) is 16.6 Å². The summed E-state index contributed by atoms with van der Waals surface area (Å²) in [5.41, 5.74) is 2.15. The number of hydrogen-bond donors (Lipinski definition) is 0. The van der Waals surface area contributed by atoms with Gasteiger partial charge >= 0.3 is 0 Å². The first-order chi connectivity index (χ1) is 12.0. The van der Waals surface area contributed by atoms with E-state index in [-0.39, 0.29) is 17.0 Å². The average molecular weight is 334 g/mol. The van der Waals surface area contributed by atoms with E-state index in [4.69, 9.17) is 4.98 Å². The Balaban J connectivity index is 1.58. The molecular weight excluding hydrogens is 312 g/mol. The zero-order valence-electron chi connectivity index (χ0n) is 14.7. The molecule has 1 aromatic heterocycles. The van der Waals surface area contributed by atoms with Gasteiger partial charge in [-0.25, -0.2) is 4.98 Å². The van der Waals surface area contributed by atoms with Gasteiger partial charge in [-0.2, -0.15) is 5.26 Å². The van der Waals surface area contributed by atoms with Gasteiger partial charge < -0.3 is 0 Å². The number of fused-ring (bicyclic) bond motifs is 4. The number of imidazole rings is 1. The van der Waals surface area contributed by atoms with Gasteiger partial charge in [0, 0.05) is 6.42 Å². The molecule has 0 saturated heterocycles. The maximum atomic E-state index is 13.2. The number of carbonyl (C=O) groups is 1. The van der Waals surface area contributed by atoms with Crippen LogP contribution in [0.25, 0.3) is 11.0 Å². The fourth-order valence-electron chi connectivity index (χ4n) is 4.75.